The van der Waals surface area contributed by atoms with Crippen molar-refractivity contribution in [3.05, 3.63) is 58.1 Å². The van der Waals surface area contributed by atoms with Crippen molar-refractivity contribution in [2.24, 2.45) is 0 Å². The minimum absolute atomic E-state index is 0.153. The molecule has 30 heavy (non-hydrogen) atoms. The molecule has 0 amide bonds. The van der Waals surface area contributed by atoms with Gasteiger partial charge in [0.2, 0.25) is 0 Å². The van der Waals surface area contributed by atoms with Gasteiger partial charge in [-0.15, -0.1) is 0 Å². The van der Waals surface area contributed by atoms with Gasteiger partial charge < -0.3 is 18.9 Å². The van der Waals surface area contributed by atoms with Gasteiger partial charge in [0, 0.05) is 7.11 Å². The third-order valence-electron chi connectivity index (χ3n) is 4.22. The quantitative estimate of drug-likeness (QED) is 0.230. The molecule has 0 saturated carbocycles. The van der Waals surface area contributed by atoms with Crippen LogP contribution in [0.25, 0.3) is 0 Å². The first kappa shape index (κ1) is 23.9. The van der Waals surface area contributed by atoms with E-state index in [2.05, 4.69) is 22.9 Å². The number of halogens is 1. The van der Waals surface area contributed by atoms with Gasteiger partial charge in [0.15, 0.2) is 0 Å². The Morgan fingerprint density at radius 3 is 2.43 bits per heavy atom. The smallest absolute Gasteiger partial charge is 0.343 e. The van der Waals surface area contributed by atoms with E-state index in [4.69, 9.17) is 18.9 Å². The molecular formula is C23H27BrO6. The van der Waals surface area contributed by atoms with Gasteiger partial charge >= 0.3 is 11.9 Å². The van der Waals surface area contributed by atoms with Crippen molar-refractivity contribution in [3.63, 3.8) is 0 Å². The van der Waals surface area contributed by atoms with Gasteiger partial charge in [-0.3, -0.25) is 0 Å². The predicted octanol–water partition coefficient (Wildman–Crippen LogP) is 5.43. The summed E-state index contributed by atoms with van der Waals surface area (Å²) in [6.45, 7) is 3.27. The van der Waals surface area contributed by atoms with Crippen molar-refractivity contribution in [1.29, 1.82) is 0 Å². The summed E-state index contributed by atoms with van der Waals surface area (Å²) < 4.78 is 21.8. The molecule has 0 N–H and O–H groups in total. The summed E-state index contributed by atoms with van der Waals surface area (Å²) in [6.07, 6.45) is 4.51. The number of rotatable bonds is 12. The lowest BCUT2D eigenvalue weighted by atomic mass is 10.2. The third kappa shape index (κ3) is 7.80. The Bertz CT molecular complexity index is 836. The van der Waals surface area contributed by atoms with Gasteiger partial charge in [-0.25, -0.2) is 9.59 Å². The number of carbonyl (C=O) groups excluding carboxylic acids is 2. The number of unbranched alkanes of at least 4 members (excludes halogenated alkanes) is 3. The first-order valence-corrected chi connectivity index (χ1v) is 10.7. The molecule has 0 aromatic heterocycles. The lowest BCUT2D eigenvalue weighted by molar-refractivity contribution is 0.0387. The second-order valence-corrected chi connectivity index (χ2v) is 7.45. The maximum absolute atomic E-state index is 12.5. The zero-order valence-electron chi connectivity index (χ0n) is 17.3. The number of hydrogen-bond donors (Lipinski definition) is 0. The molecule has 0 spiro atoms. The number of carbonyl (C=O) groups is 2. The Morgan fingerprint density at radius 2 is 1.70 bits per heavy atom. The van der Waals surface area contributed by atoms with E-state index in [9.17, 15) is 9.59 Å². The fraction of sp³-hybridized carbons (Fsp3) is 0.391. The first-order chi connectivity index (χ1) is 14.5. The van der Waals surface area contributed by atoms with E-state index in [1.807, 2.05) is 0 Å². The van der Waals surface area contributed by atoms with Crippen LogP contribution in [-0.4, -0.2) is 38.9 Å². The molecule has 6 nitrogen and oxygen atoms in total. The summed E-state index contributed by atoms with van der Waals surface area (Å²) in [7, 11) is 1.53. The number of ether oxygens (including phenoxy) is 4. The van der Waals surface area contributed by atoms with Crippen LogP contribution in [0.5, 0.6) is 11.5 Å². The standard InChI is InChI=1S/C23H27BrO6/c1-3-4-5-6-12-28-21-11-10-18(16-20(21)24)23(26)30-19-9-7-8-17(15-19)22(25)29-14-13-27-2/h7-11,15-16H,3-6,12-14H2,1-2H3. The van der Waals surface area contributed by atoms with Crippen molar-refractivity contribution in [2.75, 3.05) is 26.9 Å². The summed E-state index contributed by atoms with van der Waals surface area (Å²) in [6, 6.07) is 11.3. The average molecular weight is 479 g/mol. The van der Waals surface area contributed by atoms with Crippen LogP contribution < -0.4 is 9.47 Å². The molecule has 0 aliphatic heterocycles. The predicted molar refractivity (Wildman–Crippen MR) is 117 cm³/mol. The van der Waals surface area contributed by atoms with Gasteiger partial charge in [0.05, 0.1) is 28.8 Å². The molecule has 0 saturated heterocycles. The number of methoxy groups -OCH3 is 1. The van der Waals surface area contributed by atoms with Crippen molar-refractivity contribution in [2.45, 2.75) is 32.6 Å². The first-order valence-electron chi connectivity index (χ1n) is 9.95. The summed E-state index contributed by atoms with van der Waals surface area (Å²) in [5, 5.41) is 0. The average Bonchev–Trinajstić information content (AvgIpc) is 2.74. The highest BCUT2D eigenvalue weighted by molar-refractivity contribution is 9.10. The fourth-order valence-electron chi connectivity index (χ4n) is 2.61. The van der Waals surface area contributed by atoms with Gasteiger partial charge in [0.1, 0.15) is 18.1 Å². The molecule has 0 aliphatic rings. The third-order valence-corrected chi connectivity index (χ3v) is 4.84. The maximum Gasteiger partial charge on any atom is 0.343 e. The van der Waals surface area contributed by atoms with Crippen LogP contribution in [0.3, 0.4) is 0 Å². The van der Waals surface area contributed by atoms with Crippen LogP contribution in [0.4, 0.5) is 0 Å². The normalized spacial score (nSPS) is 10.5. The van der Waals surface area contributed by atoms with E-state index >= 15 is 0 Å². The van der Waals surface area contributed by atoms with Gasteiger partial charge in [0.25, 0.3) is 0 Å². The molecule has 2 aromatic carbocycles. The van der Waals surface area contributed by atoms with Crippen LogP contribution in [0.2, 0.25) is 0 Å². The lowest BCUT2D eigenvalue weighted by Gasteiger charge is -2.10. The molecule has 0 unspecified atom stereocenters. The number of hydrogen-bond acceptors (Lipinski definition) is 6. The van der Waals surface area contributed by atoms with Crippen LogP contribution in [0, 0.1) is 0 Å². The molecule has 0 radical (unpaired) electrons. The Kier molecular flexibility index (Phi) is 10.4. The highest BCUT2D eigenvalue weighted by Crippen LogP contribution is 2.27. The second kappa shape index (κ2) is 13.0. The summed E-state index contributed by atoms with van der Waals surface area (Å²) >= 11 is 3.44. The monoisotopic (exact) mass is 478 g/mol. The van der Waals surface area contributed by atoms with Gasteiger partial charge in [-0.1, -0.05) is 32.3 Å². The van der Waals surface area contributed by atoms with Crippen LogP contribution in [-0.2, 0) is 9.47 Å². The summed E-state index contributed by atoms with van der Waals surface area (Å²) in [4.78, 5) is 24.5. The molecule has 0 aliphatic carbocycles. The van der Waals surface area contributed by atoms with Crippen LogP contribution >= 0.6 is 15.9 Å². The molecule has 0 bridgehead atoms. The Labute approximate surface area is 185 Å². The Hall–Kier alpha value is -2.38. The number of esters is 2. The second-order valence-electron chi connectivity index (χ2n) is 6.60. The lowest BCUT2D eigenvalue weighted by Crippen LogP contribution is -2.11. The number of benzene rings is 2. The van der Waals surface area contributed by atoms with Gasteiger partial charge in [-0.2, -0.15) is 0 Å². The Balaban J connectivity index is 1.95. The fourth-order valence-corrected chi connectivity index (χ4v) is 3.10. The van der Waals surface area contributed by atoms with E-state index in [1.165, 1.54) is 26.0 Å². The maximum atomic E-state index is 12.5. The molecule has 2 rings (SSSR count). The molecule has 0 heterocycles. The van der Waals surface area contributed by atoms with E-state index in [0.29, 0.717) is 34.6 Å². The van der Waals surface area contributed by atoms with Crippen LogP contribution in [0.1, 0.15) is 53.3 Å². The zero-order valence-corrected chi connectivity index (χ0v) is 18.9. The topological polar surface area (TPSA) is 71.1 Å². The molecule has 7 heteroatoms. The highest BCUT2D eigenvalue weighted by atomic mass is 79.9. The molecular weight excluding hydrogens is 452 g/mol. The van der Waals surface area contributed by atoms with Crippen molar-refractivity contribution in [3.8, 4) is 11.5 Å². The van der Waals surface area contributed by atoms with Crippen molar-refractivity contribution in [1.82, 2.24) is 0 Å². The highest BCUT2D eigenvalue weighted by Gasteiger charge is 2.14. The van der Waals surface area contributed by atoms with Crippen molar-refractivity contribution >= 4 is 27.9 Å². The zero-order chi connectivity index (χ0) is 21.8. The van der Waals surface area contributed by atoms with Crippen LogP contribution in [0.15, 0.2) is 46.9 Å². The van der Waals surface area contributed by atoms with E-state index in [1.54, 1.807) is 36.4 Å². The molecule has 2 aromatic rings. The van der Waals surface area contributed by atoms with Gasteiger partial charge in [-0.05, 0) is 58.7 Å². The minimum Gasteiger partial charge on any atom is -0.492 e. The molecule has 0 fully saturated rings. The summed E-state index contributed by atoms with van der Waals surface area (Å²) in [5.74, 6) is -0.0966. The van der Waals surface area contributed by atoms with Crippen molar-refractivity contribution < 1.29 is 28.5 Å². The minimum atomic E-state index is -0.532. The molecule has 162 valence electrons. The Morgan fingerprint density at radius 1 is 0.900 bits per heavy atom. The van der Waals surface area contributed by atoms with E-state index in [0.717, 1.165) is 12.8 Å². The largest absolute Gasteiger partial charge is 0.492 e. The summed E-state index contributed by atoms with van der Waals surface area (Å²) in [5.41, 5.74) is 0.665. The van der Waals surface area contributed by atoms with E-state index < -0.39 is 11.9 Å². The van der Waals surface area contributed by atoms with E-state index in [-0.39, 0.29) is 12.4 Å². The SMILES string of the molecule is CCCCCCOc1ccc(C(=O)Oc2cccc(C(=O)OCCOC)c2)cc1Br. The molecule has 0 atom stereocenters.